The van der Waals surface area contributed by atoms with Crippen molar-refractivity contribution in [2.24, 2.45) is 0 Å². The van der Waals surface area contributed by atoms with Crippen LogP contribution in [0.2, 0.25) is 0 Å². The molecule has 0 fully saturated rings. The van der Waals surface area contributed by atoms with Gasteiger partial charge in [-0.2, -0.15) is 0 Å². The normalized spacial score (nSPS) is 11.5. The van der Waals surface area contributed by atoms with E-state index >= 15 is 0 Å². The molecule has 0 aromatic heterocycles. The fraction of sp³-hybridized carbons (Fsp3) is 0.455. The fourth-order valence-corrected chi connectivity index (χ4v) is 2.27. The second kappa shape index (κ2) is 6.00. The van der Waals surface area contributed by atoms with Crippen molar-refractivity contribution < 1.29 is 13.5 Å². The van der Waals surface area contributed by atoms with E-state index in [0.717, 1.165) is 12.2 Å². The van der Waals surface area contributed by atoms with Crippen molar-refractivity contribution in [2.45, 2.75) is 11.8 Å². The fourth-order valence-electron chi connectivity index (χ4n) is 1.54. The van der Waals surface area contributed by atoms with Crippen LogP contribution in [0.3, 0.4) is 0 Å². The van der Waals surface area contributed by atoms with Gasteiger partial charge in [0.05, 0.1) is 11.5 Å². The van der Waals surface area contributed by atoms with Crippen molar-refractivity contribution in [3.63, 3.8) is 0 Å². The van der Waals surface area contributed by atoms with E-state index in [9.17, 15) is 8.42 Å². The van der Waals surface area contributed by atoms with E-state index in [-0.39, 0.29) is 11.5 Å². The van der Waals surface area contributed by atoms with Gasteiger partial charge in [-0.25, -0.2) is 13.1 Å². The van der Waals surface area contributed by atoms with Crippen LogP contribution in [0.15, 0.2) is 29.2 Å². The van der Waals surface area contributed by atoms with Crippen molar-refractivity contribution in [2.75, 3.05) is 31.6 Å². The average molecular weight is 258 g/mol. The first kappa shape index (κ1) is 14.0. The summed E-state index contributed by atoms with van der Waals surface area (Å²) in [5, 5.41) is 8.90. The van der Waals surface area contributed by atoms with Gasteiger partial charge in [-0.15, -0.1) is 0 Å². The summed E-state index contributed by atoms with van der Waals surface area (Å²) in [6.45, 7) is 3.35. The van der Waals surface area contributed by atoms with Gasteiger partial charge in [0.15, 0.2) is 0 Å². The lowest BCUT2D eigenvalue weighted by atomic mass is 10.3. The van der Waals surface area contributed by atoms with E-state index in [0.29, 0.717) is 6.54 Å². The first-order valence-corrected chi connectivity index (χ1v) is 6.93. The Hall–Kier alpha value is -1.11. The number of aliphatic hydroxyl groups is 1. The SMILES string of the molecule is CCN(CCO)c1ccc(S(=O)(=O)NC)cc1. The smallest absolute Gasteiger partial charge is 0.240 e. The second-order valence-electron chi connectivity index (χ2n) is 3.50. The van der Waals surface area contributed by atoms with Crippen LogP contribution < -0.4 is 9.62 Å². The highest BCUT2D eigenvalue weighted by Gasteiger charge is 2.11. The maximum absolute atomic E-state index is 11.5. The predicted octanol–water partition coefficient (Wildman–Crippen LogP) is 0.413. The van der Waals surface area contributed by atoms with Crippen LogP contribution in [0, 0.1) is 0 Å². The molecule has 0 aliphatic heterocycles. The Morgan fingerprint density at radius 2 is 1.88 bits per heavy atom. The first-order valence-electron chi connectivity index (χ1n) is 5.44. The molecule has 0 aliphatic rings. The summed E-state index contributed by atoms with van der Waals surface area (Å²) >= 11 is 0. The van der Waals surface area contributed by atoms with E-state index in [1.165, 1.54) is 7.05 Å². The number of benzene rings is 1. The van der Waals surface area contributed by atoms with Gasteiger partial charge in [0.2, 0.25) is 10.0 Å². The van der Waals surface area contributed by atoms with Gasteiger partial charge in [0.1, 0.15) is 0 Å². The van der Waals surface area contributed by atoms with Crippen LogP contribution in [0.4, 0.5) is 5.69 Å². The quantitative estimate of drug-likeness (QED) is 0.775. The van der Waals surface area contributed by atoms with Gasteiger partial charge in [-0.3, -0.25) is 0 Å². The molecular weight excluding hydrogens is 240 g/mol. The molecule has 5 nitrogen and oxygen atoms in total. The van der Waals surface area contributed by atoms with Crippen LogP contribution >= 0.6 is 0 Å². The second-order valence-corrected chi connectivity index (χ2v) is 5.39. The number of rotatable bonds is 6. The van der Waals surface area contributed by atoms with Crippen LogP contribution in [-0.4, -0.2) is 40.3 Å². The lowest BCUT2D eigenvalue weighted by molar-refractivity contribution is 0.302. The molecule has 0 unspecified atom stereocenters. The lowest BCUT2D eigenvalue weighted by Gasteiger charge is -2.22. The molecule has 0 amide bonds. The third-order valence-electron chi connectivity index (χ3n) is 2.53. The number of nitrogens with one attached hydrogen (secondary N) is 1. The van der Waals surface area contributed by atoms with E-state index in [4.69, 9.17) is 5.11 Å². The van der Waals surface area contributed by atoms with Crippen LogP contribution in [-0.2, 0) is 10.0 Å². The monoisotopic (exact) mass is 258 g/mol. The molecule has 0 atom stereocenters. The zero-order valence-corrected chi connectivity index (χ0v) is 10.9. The predicted molar refractivity (Wildman–Crippen MR) is 67.7 cm³/mol. The molecule has 17 heavy (non-hydrogen) atoms. The van der Waals surface area contributed by atoms with Crippen LogP contribution in [0.1, 0.15) is 6.92 Å². The molecule has 0 saturated heterocycles. The van der Waals surface area contributed by atoms with Gasteiger partial charge in [-0.1, -0.05) is 0 Å². The van der Waals surface area contributed by atoms with Crippen molar-refractivity contribution in [3.8, 4) is 0 Å². The van der Waals surface area contributed by atoms with Gasteiger partial charge in [0, 0.05) is 18.8 Å². The molecular formula is C11H18N2O3S. The molecule has 2 N–H and O–H groups in total. The van der Waals surface area contributed by atoms with Crippen molar-refractivity contribution in [1.29, 1.82) is 0 Å². The third kappa shape index (κ3) is 3.42. The molecule has 0 radical (unpaired) electrons. The molecule has 0 bridgehead atoms. The number of aliphatic hydroxyl groups excluding tert-OH is 1. The zero-order valence-electron chi connectivity index (χ0n) is 10.0. The summed E-state index contributed by atoms with van der Waals surface area (Å²) in [6, 6.07) is 6.59. The van der Waals surface area contributed by atoms with Crippen LogP contribution in [0.25, 0.3) is 0 Å². The highest BCUT2D eigenvalue weighted by atomic mass is 32.2. The highest BCUT2D eigenvalue weighted by molar-refractivity contribution is 7.89. The van der Waals surface area contributed by atoms with Gasteiger partial charge in [0.25, 0.3) is 0 Å². The highest BCUT2D eigenvalue weighted by Crippen LogP contribution is 2.17. The summed E-state index contributed by atoms with van der Waals surface area (Å²) in [7, 11) is -2.00. The Morgan fingerprint density at radius 1 is 1.29 bits per heavy atom. The van der Waals surface area contributed by atoms with Crippen molar-refractivity contribution in [3.05, 3.63) is 24.3 Å². The summed E-state index contributed by atoms with van der Waals surface area (Å²) < 4.78 is 25.3. The largest absolute Gasteiger partial charge is 0.395 e. The molecule has 0 saturated carbocycles. The number of sulfonamides is 1. The maximum atomic E-state index is 11.5. The van der Waals surface area contributed by atoms with Crippen LogP contribution in [0.5, 0.6) is 0 Å². The Bertz CT molecular complexity index is 442. The van der Waals surface area contributed by atoms with Gasteiger partial charge in [-0.05, 0) is 38.2 Å². The van der Waals surface area contributed by atoms with E-state index in [1.807, 2.05) is 11.8 Å². The molecule has 0 aliphatic carbocycles. The van der Waals surface area contributed by atoms with Crippen molar-refractivity contribution >= 4 is 15.7 Å². The van der Waals surface area contributed by atoms with E-state index in [2.05, 4.69) is 4.72 Å². The average Bonchev–Trinajstić information content (AvgIpc) is 2.36. The molecule has 0 heterocycles. The lowest BCUT2D eigenvalue weighted by Crippen LogP contribution is -2.26. The first-order chi connectivity index (χ1) is 8.05. The standard InChI is InChI=1S/C11H18N2O3S/c1-3-13(8-9-14)10-4-6-11(7-5-10)17(15,16)12-2/h4-7,12,14H,3,8-9H2,1-2H3. The minimum Gasteiger partial charge on any atom is -0.395 e. The molecule has 0 spiro atoms. The topological polar surface area (TPSA) is 69.6 Å². The minimum absolute atomic E-state index is 0.0738. The summed E-state index contributed by atoms with van der Waals surface area (Å²) in [5.74, 6) is 0. The molecule has 6 heteroatoms. The van der Waals surface area contributed by atoms with Crippen molar-refractivity contribution in [1.82, 2.24) is 4.72 Å². The van der Waals surface area contributed by atoms with Gasteiger partial charge >= 0.3 is 0 Å². The zero-order chi connectivity index (χ0) is 12.9. The molecule has 1 aromatic rings. The van der Waals surface area contributed by atoms with E-state index < -0.39 is 10.0 Å². The number of hydrogen-bond acceptors (Lipinski definition) is 4. The number of hydrogen-bond donors (Lipinski definition) is 2. The molecule has 96 valence electrons. The Labute approximate surface area is 102 Å². The van der Waals surface area contributed by atoms with Gasteiger partial charge < -0.3 is 10.0 Å². The Kier molecular flexibility index (Phi) is 4.92. The Balaban J connectivity index is 2.95. The minimum atomic E-state index is -3.38. The Morgan fingerprint density at radius 3 is 2.29 bits per heavy atom. The van der Waals surface area contributed by atoms with E-state index in [1.54, 1.807) is 24.3 Å². The summed E-state index contributed by atoms with van der Waals surface area (Å²) in [4.78, 5) is 2.21. The number of likely N-dealkylation sites (N-methyl/N-ethyl adjacent to an activating group) is 1. The number of nitrogens with zero attached hydrogens (tertiary/aromatic N) is 1. The third-order valence-corrected chi connectivity index (χ3v) is 3.96. The molecule has 1 rings (SSSR count). The molecule has 1 aromatic carbocycles. The maximum Gasteiger partial charge on any atom is 0.240 e. The number of anilines is 1. The summed E-state index contributed by atoms with van der Waals surface area (Å²) in [5.41, 5.74) is 0.900. The summed E-state index contributed by atoms with van der Waals surface area (Å²) in [6.07, 6.45) is 0.